The van der Waals surface area contributed by atoms with Gasteiger partial charge in [-0.3, -0.25) is 0 Å². The SMILES string of the molecule is c1ccc(-c2nocc2-c2nc3ccccc3[nH]2)cc1. The van der Waals surface area contributed by atoms with Crippen LogP contribution in [0.25, 0.3) is 33.7 Å². The number of imidazole rings is 1. The lowest BCUT2D eigenvalue weighted by Gasteiger charge is -1.97. The molecule has 0 saturated carbocycles. The third-order valence-electron chi connectivity index (χ3n) is 3.26. The monoisotopic (exact) mass is 261 g/mol. The van der Waals surface area contributed by atoms with Crippen molar-refractivity contribution in [3.8, 4) is 22.6 Å². The molecule has 0 radical (unpaired) electrons. The van der Waals surface area contributed by atoms with Gasteiger partial charge in [0.1, 0.15) is 17.8 Å². The van der Waals surface area contributed by atoms with Crippen LogP contribution in [0, 0.1) is 0 Å². The van der Waals surface area contributed by atoms with Crippen LogP contribution >= 0.6 is 0 Å². The first-order chi connectivity index (χ1) is 9.92. The van der Waals surface area contributed by atoms with Gasteiger partial charge in [0.05, 0.1) is 16.6 Å². The summed E-state index contributed by atoms with van der Waals surface area (Å²) in [5.41, 5.74) is 4.61. The fraction of sp³-hybridized carbons (Fsp3) is 0. The standard InChI is InChI=1S/C16H11N3O/c1-2-6-11(7-3-1)15-12(10-20-19-15)16-17-13-8-4-5-9-14(13)18-16/h1-10H,(H,17,18). The van der Waals surface area contributed by atoms with Crippen LogP contribution in [-0.4, -0.2) is 15.1 Å². The normalized spacial score (nSPS) is 11.0. The lowest BCUT2D eigenvalue weighted by Crippen LogP contribution is -1.83. The van der Waals surface area contributed by atoms with Crippen LogP contribution in [0.1, 0.15) is 0 Å². The molecule has 20 heavy (non-hydrogen) atoms. The van der Waals surface area contributed by atoms with E-state index >= 15 is 0 Å². The molecule has 0 aliphatic heterocycles. The average Bonchev–Trinajstić information content (AvgIpc) is 3.14. The second-order valence-electron chi connectivity index (χ2n) is 4.55. The first kappa shape index (κ1) is 11.0. The lowest BCUT2D eigenvalue weighted by atomic mass is 10.1. The molecular weight excluding hydrogens is 250 g/mol. The molecule has 0 aliphatic carbocycles. The predicted molar refractivity (Wildman–Crippen MR) is 77.0 cm³/mol. The summed E-state index contributed by atoms with van der Waals surface area (Å²) in [4.78, 5) is 7.88. The Bertz CT molecular complexity index is 828. The van der Waals surface area contributed by atoms with Crippen molar-refractivity contribution < 1.29 is 4.52 Å². The molecule has 1 N–H and O–H groups in total. The highest BCUT2D eigenvalue weighted by Gasteiger charge is 2.15. The Balaban J connectivity index is 1.89. The number of benzene rings is 2. The third kappa shape index (κ3) is 1.70. The molecule has 96 valence electrons. The van der Waals surface area contributed by atoms with Gasteiger partial charge in [0.25, 0.3) is 0 Å². The number of nitrogens with zero attached hydrogens (tertiary/aromatic N) is 2. The Kier molecular flexibility index (Phi) is 2.39. The molecule has 4 aromatic rings. The van der Waals surface area contributed by atoms with E-state index in [1.807, 2.05) is 54.6 Å². The van der Waals surface area contributed by atoms with Gasteiger partial charge in [0, 0.05) is 5.56 Å². The van der Waals surface area contributed by atoms with Crippen LogP contribution in [0.4, 0.5) is 0 Å². The number of para-hydroxylation sites is 2. The largest absolute Gasteiger partial charge is 0.363 e. The van der Waals surface area contributed by atoms with Crippen molar-refractivity contribution in [2.24, 2.45) is 0 Å². The molecule has 0 unspecified atom stereocenters. The summed E-state index contributed by atoms with van der Waals surface area (Å²) in [6, 6.07) is 17.9. The summed E-state index contributed by atoms with van der Waals surface area (Å²) >= 11 is 0. The summed E-state index contributed by atoms with van der Waals surface area (Å²) in [6.45, 7) is 0. The number of hydrogen-bond donors (Lipinski definition) is 1. The van der Waals surface area contributed by atoms with Crippen molar-refractivity contribution in [3.05, 3.63) is 60.9 Å². The van der Waals surface area contributed by atoms with Crippen molar-refractivity contribution in [3.63, 3.8) is 0 Å². The average molecular weight is 261 g/mol. The van der Waals surface area contributed by atoms with E-state index in [0.717, 1.165) is 33.7 Å². The van der Waals surface area contributed by atoms with Gasteiger partial charge in [-0.25, -0.2) is 4.98 Å². The Hall–Kier alpha value is -2.88. The maximum atomic E-state index is 5.14. The van der Waals surface area contributed by atoms with Gasteiger partial charge >= 0.3 is 0 Å². The molecule has 2 aromatic heterocycles. The maximum absolute atomic E-state index is 5.14. The number of aromatic amines is 1. The van der Waals surface area contributed by atoms with Crippen LogP contribution < -0.4 is 0 Å². The zero-order chi connectivity index (χ0) is 13.4. The second kappa shape index (κ2) is 4.35. The van der Waals surface area contributed by atoms with E-state index in [1.165, 1.54) is 0 Å². The minimum atomic E-state index is 0.770. The van der Waals surface area contributed by atoms with E-state index in [2.05, 4.69) is 15.1 Å². The fourth-order valence-electron chi connectivity index (χ4n) is 2.29. The molecule has 4 rings (SSSR count). The molecule has 0 spiro atoms. The summed E-state index contributed by atoms with van der Waals surface area (Å²) in [6.07, 6.45) is 1.63. The molecule has 0 atom stereocenters. The van der Waals surface area contributed by atoms with Gasteiger partial charge in [-0.1, -0.05) is 47.6 Å². The topological polar surface area (TPSA) is 54.7 Å². The number of H-pyrrole nitrogens is 1. The van der Waals surface area contributed by atoms with Crippen LogP contribution in [0.5, 0.6) is 0 Å². The number of aromatic nitrogens is 3. The first-order valence-corrected chi connectivity index (χ1v) is 6.37. The Morgan fingerprint density at radius 2 is 1.70 bits per heavy atom. The van der Waals surface area contributed by atoms with Crippen molar-refractivity contribution >= 4 is 11.0 Å². The smallest absolute Gasteiger partial charge is 0.144 e. The molecule has 0 bridgehead atoms. The quantitative estimate of drug-likeness (QED) is 0.595. The van der Waals surface area contributed by atoms with Crippen molar-refractivity contribution in [2.75, 3.05) is 0 Å². The molecule has 0 aliphatic rings. The second-order valence-corrected chi connectivity index (χ2v) is 4.55. The van der Waals surface area contributed by atoms with E-state index in [-0.39, 0.29) is 0 Å². The van der Waals surface area contributed by atoms with Crippen LogP contribution in [0.2, 0.25) is 0 Å². The van der Waals surface area contributed by atoms with Gasteiger partial charge < -0.3 is 9.51 Å². The Morgan fingerprint density at radius 3 is 2.55 bits per heavy atom. The maximum Gasteiger partial charge on any atom is 0.144 e. The number of hydrogen-bond acceptors (Lipinski definition) is 3. The Morgan fingerprint density at radius 1 is 0.900 bits per heavy atom. The van der Waals surface area contributed by atoms with Crippen LogP contribution in [-0.2, 0) is 0 Å². The lowest BCUT2D eigenvalue weighted by molar-refractivity contribution is 0.422. The number of fused-ring (bicyclic) bond motifs is 1. The molecular formula is C16H11N3O. The molecule has 0 fully saturated rings. The zero-order valence-electron chi connectivity index (χ0n) is 10.6. The van der Waals surface area contributed by atoms with Gasteiger partial charge in [-0.15, -0.1) is 0 Å². The predicted octanol–water partition coefficient (Wildman–Crippen LogP) is 3.88. The van der Waals surface area contributed by atoms with Crippen LogP contribution in [0.3, 0.4) is 0 Å². The van der Waals surface area contributed by atoms with Crippen molar-refractivity contribution in [1.82, 2.24) is 15.1 Å². The molecule has 0 saturated heterocycles. The minimum Gasteiger partial charge on any atom is -0.363 e. The molecule has 2 heterocycles. The highest BCUT2D eigenvalue weighted by atomic mass is 16.5. The van der Waals surface area contributed by atoms with E-state index in [9.17, 15) is 0 Å². The molecule has 2 aromatic carbocycles. The molecule has 0 amide bonds. The Labute approximate surface area is 115 Å². The summed E-state index contributed by atoms with van der Waals surface area (Å²) in [7, 11) is 0. The van der Waals surface area contributed by atoms with E-state index in [0.29, 0.717) is 0 Å². The number of nitrogens with one attached hydrogen (secondary N) is 1. The van der Waals surface area contributed by atoms with Gasteiger partial charge in [0.2, 0.25) is 0 Å². The molecule has 4 nitrogen and oxygen atoms in total. The van der Waals surface area contributed by atoms with Crippen molar-refractivity contribution in [2.45, 2.75) is 0 Å². The third-order valence-corrected chi connectivity index (χ3v) is 3.26. The number of rotatable bonds is 2. The van der Waals surface area contributed by atoms with Crippen LogP contribution in [0.15, 0.2) is 65.4 Å². The van der Waals surface area contributed by atoms with E-state index in [4.69, 9.17) is 4.52 Å². The van der Waals surface area contributed by atoms with Gasteiger partial charge in [-0.05, 0) is 12.1 Å². The fourth-order valence-corrected chi connectivity index (χ4v) is 2.29. The molecule has 4 heteroatoms. The zero-order valence-corrected chi connectivity index (χ0v) is 10.6. The highest BCUT2D eigenvalue weighted by Crippen LogP contribution is 2.30. The summed E-state index contributed by atoms with van der Waals surface area (Å²) in [5, 5.41) is 4.10. The first-order valence-electron chi connectivity index (χ1n) is 6.37. The van der Waals surface area contributed by atoms with Crippen molar-refractivity contribution in [1.29, 1.82) is 0 Å². The van der Waals surface area contributed by atoms with Gasteiger partial charge in [0.15, 0.2) is 0 Å². The highest BCUT2D eigenvalue weighted by molar-refractivity contribution is 5.83. The van der Waals surface area contributed by atoms with E-state index < -0.39 is 0 Å². The summed E-state index contributed by atoms with van der Waals surface area (Å²) in [5.74, 6) is 0.770. The summed E-state index contributed by atoms with van der Waals surface area (Å²) < 4.78 is 5.14. The minimum absolute atomic E-state index is 0.770. The van der Waals surface area contributed by atoms with Gasteiger partial charge in [-0.2, -0.15) is 0 Å². The van der Waals surface area contributed by atoms with E-state index in [1.54, 1.807) is 6.26 Å².